The van der Waals surface area contributed by atoms with Crippen LogP contribution in [0.1, 0.15) is 0 Å². The molecule has 0 aromatic heterocycles. The second kappa shape index (κ2) is 5.42. The third kappa shape index (κ3) is 2.80. The average molecular weight is 300 g/mol. The van der Waals surface area contributed by atoms with Crippen molar-refractivity contribution in [1.29, 1.82) is 0 Å². The van der Waals surface area contributed by atoms with E-state index in [4.69, 9.17) is 16.3 Å². The van der Waals surface area contributed by atoms with Crippen LogP contribution in [0.2, 0.25) is 5.02 Å². The van der Waals surface area contributed by atoms with Crippen molar-refractivity contribution in [1.82, 2.24) is 0 Å². The number of hydrogen-bond acceptors (Lipinski definition) is 3. The van der Waals surface area contributed by atoms with Gasteiger partial charge >= 0.3 is 0 Å². The molecule has 0 fully saturated rings. The van der Waals surface area contributed by atoms with Crippen LogP contribution in [-0.4, -0.2) is 4.92 Å². The summed E-state index contributed by atoms with van der Waals surface area (Å²) in [6.45, 7) is 0. The number of fused-ring (bicyclic) bond motifs is 1. The molecule has 0 aliphatic carbocycles. The molecule has 0 atom stereocenters. The second-order valence-corrected chi connectivity index (χ2v) is 4.89. The van der Waals surface area contributed by atoms with Gasteiger partial charge in [0.2, 0.25) is 0 Å². The van der Waals surface area contributed by atoms with Crippen LogP contribution in [0.3, 0.4) is 0 Å². The summed E-state index contributed by atoms with van der Waals surface area (Å²) in [6.07, 6.45) is 0. The largest absolute Gasteiger partial charge is 0.456 e. The number of benzene rings is 3. The summed E-state index contributed by atoms with van der Waals surface area (Å²) in [4.78, 5) is 10.2. The smallest absolute Gasteiger partial charge is 0.271 e. The predicted molar refractivity (Wildman–Crippen MR) is 82.1 cm³/mol. The Morgan fingerprint density at radius 2 is 1.71 bits per heavy atom. The summed E-state index contributed by atoms with van der Waals surface area (Å²) in [5.41, 5.74) is -0.0640. The maximum absolute atomic E-state index is 10.7. The molecule has 3 aromatic rings. The average Bonchev–Trinajstić information content (AvgIpc) is 2.49. The molecule has 0 saturated carbocycles. The summed E-state index contributed by atoms with van der Waals surface area (Å²) in [6, 6.07) is 17.7. The Morgan fingerprint density at radius 3 is 2.43 bits per heavy atom. The second-order valence-electron chi connectivity index (χ2n) is 4.48. The Kier molecular flexibility index (Phi) is 3.46. The molecule has 104 valence electrons. The molecule has 0 bridgehead atoms. The quantitative estimate of drug-likeness (QED) is 0.494. The monoisotopic (exact) mass is 299 g/mol. The molecular weight excluding hydrogens is 290 g/mol. The van der Waals surface area contributed by atoms with E-state index in [1.165, 1.54) is 18.2 Å². The molecule has 0 unspecified atom stereocenters. The minimum absolute atomic E-state index is 0.0640. The van der Waals surface area contributed by atoms with Crippen LogP contribution in [0.15, 0.2) is 60.7 Å². The van der Waals surface area contributed by atoms with Gasteiger partial charge in [-0.25, -0.2) is 0 Å². The summed E-state index contributed by atoms with van der Waals surface area (Å²) in [7, 11) is 0. The molecule has 0 heterocycles. The first-order chi connectivity index (χ1) is 10.1. The van der Waals surface area contributed by atoms with Gasteiger partial charge in [-0.3, -0.25) is 10.1 Å². The lowest BCUT2D eigenvalue weighted by Crippen LogP contribution is -1.90. The van der Waals surface area contributed by atoms with Crippen molar-refractivity contribution >= 4 is 28.1 Å². The molecule has 0 radical (unpaired) electrons. The first-order valence-electron chi connectivity index (χ1n) is 6.24. The highest BCUT2D eigenvalue weighted by Crippen LogP contribution is 2.33. The molecule has 0 aliphatic rings. The minimum Gasteiger partial charge on any atom is -0.456 e. The minimum atomic E-state index is -0.494. The Balaban J connectivity index is 1.93. The third-order valence-corrected chi connectivity index (χ3v) is 3.37. The maximum Gasteiger partial charge on any atom is 0.271 e. The van der Waals surface area contributed by atoms with E-state index in [0.717, 1.165) is 10.8 Å². The van der Waals surface area contributed by atoms with Gasteiger partial charge in [-0.2, -0.15) is 0 Å². The van der Waals surface area contributed by atoms with Crippen molar-refractivity contribution in [3.8, 4) is 11.5 Å². The highest BCUT2D eigenvalue weighted by molar-refractivity contribution is 6.32. The number of rotatable bonds is 3. The highest BCUT2D eigenvalue weighted by atomic mass is 35.5. The number of hydrogen-bond donors (Lipinski definition) is 0. The number of nitrogens with zero attached hydrogens (tertiary/aromatic N) is 1. The fourth-order valence-electron chi connectivity index (χ4n) is 2.04. The van der Waals surface area contributed by atoms with Crippen molar-refractivity contribution < 1.29 is 9.66 Å². The standard InChI is InChI=1S/C16H10ClNO3/c17-15-10-13(18(19)20)6-8-16(15)21-14-7-5-11-3-1-2-4-12(11)9-14/h1-10H. The molecule has 5 heteroatoms. The van der Waals surface area contributed by atoms with Crippen molar-refractivity contribution in [2.45, 2.75) is 0 Å². The van der Waals surface area contributed by atoms with E-state index < -0.39 is 4.92 Å². The van der Waals surface area contributed by atoms with Gasteiger partial charge in [0, 0.05) is 12.1 Å². The zero-order valence-corrected chi connectivity index (χ0v) is 11.6. The Hall–Kier alpha value is -2.59. The van der Waals surface area contributed by atoms with E-state index >= 15 is 0 Å². The molecule has 0 spiro atoms. The zero-order valence-electron chi connectivity index (χ0n) is 10.8. The number of halogens is 1. The van der Waals surface area contributed by atoms with Crippen molar-refractivity contribution in [3.63, 3.8) is 0 Å². The first kappa shape index (κ1) is 13.4. The molecule has 21 heavy (non-hydrogen) atoms. The lowest BCUT2D eigenvalue weighted by atomic mass is 10.1. The molecular formula is C16H10ClNO3. The van der Waals surface area contributed by atoms with Crippen LogP contribution in [0, 0.1) is 10.1 Å². The molecule has 0 N–H and O–H groups in total. The van der Waals surface area contributed by atoms with Crippen LogP contribution in [0.25, 0.3) is 10.8 Å². The van der Waals surface area contributed by atoms with Gasteiger partial charge in [0.25, 0.3) is 5.69 Å². The topological polar surface area (TPSA) is 52.4 Å². The summed E-state index contributed by atoms with van der Waals surface area (Å²) in [5, 5.41) is 13.0. The van der Waals surface area contributed by atoms with E-state index in [1.54, 1.807) is 0 Å². The summed E-state index contributed by atoms with van der Waals surface area (Å²) < 4.78 is 5.70. The van der Waals surface area contributed by atoms with Crippen LogP contribution >= 0.6 is 11.6 Å². The van der Waals surface area contributed by atoms with Gasteiger partial charge in [-0.05, 0) is 29.0 Å². The number of nitro benzene ring substituents is 1. The van der Waals surface area contributed by atoms with Crippen LogP contribution in [0.4, 0.5) is 5.69 Å². The fraction of sp³-hybridized carbons (Fsp3) is 0. The molecule has 3 rings (SSSR count). The molecule has 4 nitrogen and oxygen atoms in total. The van der Waals surface area contributed by atoms with Crippen LogP contribution < -0.4 is 4.74 Å². The van der Waals surface area contributed by atoms with Gasteiger partial charge in [0.1, 0.15) is 11.5 Å². The molecule has 0 saturated heterocycles. The maximum atomic E-state index is 10.7. The van der Waals surface area contributed by atoms with Gasteiger partial charge in [-0.1, -0.05) is 41.9 Å². The Bertz CT molecular complexity index is 833. The van der Waals surface area contributed by atoms with E-state index in [0.29, 0.717) is 11.5 Å². The summed E-state index contributed by atoms with van der Waals surface area (Å²) >= 11 is 6.01. The number of nitro groups is 1. The summed E-state index contributed by atoms with van der Waals surface area (Å²) in [5.74, 6) is 1.02. The van der Waals surface area contributed by atoms with Crippen molar-refractivity contribution in [3.05, 3.63) is 75.8 Å². The lowest BCUT2D eigenvalue weighted by molar-refractivity contribution is -0.384. The SMILES string of the molecule is O=[N+]([O-])c1ccc(Oc2ccc3ccccc3c2)c(Cl)c1. The van der Waals surface area contributed by atoms with Crippen molar-refractivity contribution in [2.24, 2.45) is 0 Å². The van der Waals surface area contributed by atoms with E-state index in [2.05, 4.69) is 0 Å². The Morgan fingerprint density at radius 1 is 0.952 bits per heavy atom. The highest BCUT2D eigenvalue weighted by Gasteiger charge is 2.11. The fourth-order valence-corrected chi connectivity index (χ4v) is 2.26. The third-order valence-electron chi connectivity index (χ3n) is 3.08. The zero-order chi connectivity index (χ0) is 14.8. The van der Waals surface area contributed by atoms with Gasteiger partial charge in [0.15, 0.2) is 0 Å². The Labute approximate surface area is 125 Å². The molecule has 0 amide bonds. The number of ether oxygens (including phenoxy) is 1. The normalized spacial score (nSPS) is 10.5. The van der Waals surface area contributed by atoms with E-state index in [9.17, 15) is 10.1 Å². The van der Waals surface area contributed by atoms with Crippen LogP contribution in [0.5, 0.6) is 11.5 Å². The van der Waals surface area contributed by atoms with Gasteiger partial charge < -0.3 is 4.74 Å². The molecule has 0 aliphatic heterocycles. The van der Waals surface area contributed by atoms with Gasteiger partial charge in [-0.15, -0.1) is 0 Å². The van der Waals surface area contributed by atoms with Crippen molar-refractivity contribution in [2.75, 3.05) is 0 Å². The van der Waals surface area contributed by atoms with Gasteiger partial charge in [0.05, 0.1) is 9.95 Å². The predicted octanol–water partition coefficient (Wildman–Crippen LogP) is 5.19. The molecule has 3 aromatic carbocycles. The lowest BCUT2D eigenvalue weighted by Gasteiger charge is -2.08. The number of non-ortho nitro benzene ring substituents is 1. The first-order valence-corrected chi connectivity index (χ1v) is 6.62. The van der Waals surface area contributed by atoms with E-state index in [1.807, 2.05) is 42.5 Å². The van der Waals surface area contributed by atoms with E-state index in [-0.39, 0.29) is 10.7 Å². The van der Waals surface area contributed by atoms with Crippen LogP contribution in [-0.2, 0) is 0 Å².